The molecule has 88 valence electrons. The zero-order valence-electron chi connectivity index (χ0n) is 10.2. The van der Waals surface area contributed by atoms with E-state index in [1.807, 2.05) is 36.4 Å². The molecule has 0 aliphatic heterocycles. The highest BCUT2D eigenvalue weighted by molar-refractivity contribution is 6.00. The molecule has 0 radical (unpaired) electrons. The van der Waals surface area contributed by atoms with Gasteiger partial charge in [-0.05, 0) is 30.9 Å². The minimum Gasteiger partial charge on any atom is -0.493 e. The lowest BCUT2D eigenvalue weighted by molar-refractivity contribution is 0.101. The summed E-state index contributed by atoms with van der Waals surface area (Å²) in [5.74, 6) is 0.868. The first-order valence-corrected chi connectivity index (χ1v) is 5.89. The van der Waals surface area contributed by atoms with Crippen molar-refractivity contribution in [3.8, 4) is 5.75 Å². The molecule has 0 spiro atoms. The summed E-state index contributed by atoms with van der Waals surface area (Å²) >= 11 is 0. The van der Waals surface area contributed by atoms with Crippen LogP contribution in [0.15, 0.2) is 36.4 Å². The van der Waals surface area contributed by atoms with E-state index in [0.717, 1.165) is 22.9 Å². The van der Waals surface area contributed by atoms with E-state index in [1.54, 1.807) is 6.92 Å². The quantitative estimate of drug-likeness (QED) is 0.743. The third kappa shape index (κ3) is 2.47. The number of benzene rings is 2. The number of ether oxygens (including phenoxy) is 1. The zero-order chi connectivity index (χ0) is 12.3. The summed E-state index contributed by atoms with van der Waals surface area (Å²) in [5.41, 5.74) is 0.704. The van der Waals surface area contributed by atoms with Gasteiger partial charge in [-0.1, -0.05) is 31.2 Å². The summed E-state index contributed by atoms with van der Waals surface area (Å²) in [5, 5.41) is 2.11. The Morgan fingerprint density at radius 3 is 2.71 bits per heavy atom. The highest BCUT2D eigenvalue weighted by atomic mass is 16.5. The summed E-state index contributed by atoms with van der Waals surface area (Å²) in [4.78, 5) is 11.5. The van der Waals surface area contributed by atoms with Crippen LogP contribution < -0.4 is 4.74 Å². The van der Waals surface area contributed by atoms with Crippen LogP contribution in [-0.4, -0.2) is 12.4 Å². The van der Waals surface area contributed by atoms with E-state index in [-0.39, 0.29) is 5.78 Å². The molecule has 2 rings (SSSR count). The van der Waals surface area contributed by atoms with Gasteiger partial charge < -0.3 is 4.74 Å². The molecular weight excluding hydrogens is 212 g/mol. The van der Waals surface area contributed by atoms with Gasteiger partial charge in [0.25, 0.3) is 0 Å². The first-order valence-electron chi connectivity index (χ1n) is 5.89. The Hall–Kier alpha value is -1.83. The van der Waals surface area contributed by atoms with Crippen molar-refractivity contribution in [3.63, 3.8) is 0 Å². The van der Waals surface area contributed by atoms with Crippen molar-refractivity contribution in [2.24, 2.45) is 0 Å². The molecular formula is C15H16O2. The summed E-state index contributed by atoms with van der Waals surface area (Å²) in [6, 6.07) is 11.7. The molecule has 0 aromatic heterocycles. The normalized spacial score (nSPS) is 10.5. The average molecular weight is 228 g/mol. The summed E-state index contributed by atoms with van der Waals surface area (Å²) < 4.78 is 5.71. The van der Waals surface area contributed by atoms with Crippen molar-refractivity contribution in [1.82, 2.24) is 0 Å². The Balaban J connectivity index is 2.56. The molecule has 2 aromatic carbocycles. The number of carbonyl (C=O) groups excluding carboxylic acids is 1. The van der Waals surface area contributed by atoms with E-state index in [1.165, 1.54) is 0 Å². The Morgan fingerprint density at radius 2 is 2.00 bits per heavy atom. The van der Waals surface area contributed by atoms with Crippen molar-refractivity contribution in [2.75, 3.05) is 6.61 Å². The minimum atomic E-state index is 0.0668. The number of hydrogen-bond acceptors (Lipinski definition) is 2. The number of rotatable bonds is 4. The van der Waals surface area contributed by atoms with Gasteiger partial charge in [-0.15, -0.1) is 0 Å². The fourth-order valence-electron chi connectivity index (χ4n) is 1.81. The molecule has 2 aromatic rings. The van der Waals surface area contributed by atoms with Gasteiger partial charge in [-0.25, -0.2) is 0 Å². The predicted molar refractivity (Wildman–Crippen MR) is 69.7 cm³/mol. The van der Waals surface area contributed by atoms with Gasteiger partial charge in [0, 0.05) is 10.9 Å². The Kier molecular flexibility index (Phi) is 3.43. The molecule has 0 unspecified atom stereocenters. The smallest absolute Gasteiger partial charge is 0.159 e. The highest BCUT2D eigenvalue weighted by Gasteiger charge is 2.07. The van der Waals surface area contributed by atoms with Crippen LogP contribution in [0.3, 0.4) is 0 Å². The molecule has 0 saturated heterocycles. The van der Waals surface area contributed by atoms with Crippen LogP contribution in [0.2, 0.25) is 0 Å². The van der Waals surface area contributed by atoms with Crippen LogP contribution in [0.5, 0.6) is 5.75 Å². The molecule has 0 atom stereocenters. The Labute approximate surface area is 101 Å². The lowest BCUT2D eigenvalue weighted by Crippen LogP contribution is -1.99. The molecule has 17 heavy (non-hydrogen) atoms. The Bertz CT molecular complexity index is 544. The van der Waals surface area contributed by atoms with Crippen molar-refractivity contribution in [1.29, 1.82) is 0 Å². The van der Waals surface area contributed by atoms with Crippen molar-refractivity contribution < 1.29 is 9.53 Å². The van der Waals surface area contributed by atoms with Crippen LogP contribution in [0, 0.1) is 0 Å². The van der Waals surface area contributed by atoms with Gasteiger partial charge >= 0.3 is 0 Å². The van der Waals surface area contributed by atoms with E-state index in [2.05, 4.69) is 6.92 Å². The number of hydrogen-bond donors (Lipinski definition) is 0. The van der Waals surface area contributed by atoms with Crippen molar-refractivity contribution in [2.45, 2.75) is 20.3 Å². The lowest BCUT2D eigenvalue weighted by Gasteiger charge is -2.10. The average Bonchev–Trinajstić information content (AvgIpc) is 2.35. The van der Waals surface area contributed by atoms with Crippen molar-refractivity contribution >= 4 is 16.6 Å². The number of carbonyl (C=O) groups is 1. The second-order valence-corrected chi connectivity index (χ2v) is 4.10. The van der Waals surface area contributed by atoms with E-state index >= 15 is 0 Å². The minimum absolute atomic E-state index is 0.0668. The molecule has 2 nitrogen and oxygen atoms in total. The standard InChI is InChI=1S/C15H16O2/c1-3-8-17-15-10-13(11(2)16)9-12-6-4-5-7-14(12)15/h4-7,9-10H,3,8H2,1-2H3. The zero-order valence-corrected chi connectivity index (χ0v) is 10.2. The topological polar surface area (TPSA) is 26.3 Å². The van der Waals surface area contributed by atoms with Crippen LogP contribution in [-0.2, 0) is 0 Å². The monoisotopic (exact) mass is 228 g/mol. The van der Waals surface area contributed by atoms with Crippen LogP contribution in [0.4, 0.5) is 0 Å². The van der Waals surface area contributed by atoms with Crippen molar-refractivity contribution in [3.05, 3.63) is 42.0 Å². The summed E-state index contributed by atoms with van der Waals surface area (Å²) in [6.45, 7) is 4.32. The van der Waals surface area contributed by atoms with E-state index in [9.17, 15) is 4.79 Å². The highest BCUT2D eigenvalue weighted by Crippen LogP contribution is 2.28. The van der Waals surface area contributed by atoms with Gasteiger partial charge in [0.15, 0.2) is 5.78 Å². The maximum absolute atomic E-state index is 11.5. The second kappa shape index (κ2) is 5.00. The largest absolute Gasteiger partial charge is 0.493 e. The van der Waals surface area contributed by atoms with Crippen LogP contribution in [0.1, 0.15) is 30.6 Å². The fourth-order valence-corrected chi connectivity index (χ4v) is 1.81. The van der Waals surface area contributed by atoms with Gasteiger partial charge in [0.1, 0.15) is 5.75 Å². The maximum atomic E-state index is 11.5. The van der Waals surface area contributed by atoms with E-state index in [4.69, 9.17) is 4.74 Å². The second-order valence-electron chi connectivity index (χ2n) is 4.10. The van der Waals surface area contributed by atoms with Gasteiger partial charge in [-0.2, -0.15) is 0 Å². The number of ketones is 1. The maximum Gasteiger partial charge on any atom is 0.159 e. The molecule has 2 heteroatoms. The molecule has 0 saturated carbocycles. The molecule has 0 aliphatic rings. The first kappa shape index (κ1) is 11.6. The Morgan fingerprint density at radius 1 is 1.24 bits per heavy atom. The lowest BCUT2D eigenvalue weighted by atomic mass is 10.0. The number of fused-ring (bicyclic) bond motifs is 1. The van der Waals surface area contributed by atoms with E-state index in [0.29, 0.717) is 12.2 Å². The van der Waals surface area contributed by atoms with Crippen LogP contribution >= 0.6 is 0 Å². The molecule has 0 aliphatic carbocycles. The van der Waals surface area contributed by atoms with Gasteiger partial charge in [0.2, 0.25) is 0 Å². The SMILES string of the molecule is CCCOc1cc(C(C)=O)cc2ccccc12. The van der Waals surface area contributed by atoms with Crippen LogP contribution in [0.25, 0.3) is 10.8 Å². The number of Topliss-reactive ketones (excluding diaryl/α,β-unsaturated/α-hetero) is 1. The van der Waals surface area contributed by atoms with Gasteiger partial charge in [-0.3, -0.25) is 4.79 Å². The fraction of sp³-hybridized carbons (Fsp3) is 0.267. The molecule has 0 N–H and O–H groups in total. The molecule has 0 fully saturated rings. The molecule has 0 amide bonds. The summed E-state index contributed by atoms with van der Waals surface area (Å²) in [7, 11) is 0. The summed E-state index contributed by atoms with van der Waals surface area (Å²) in [6.07, 6.45) is 0.957. The molecule has 0 bridgehead atoms. The third-order valence-corrected chi connectivity index (χ3v) is 2.69. The predicted octanol–water partition coefficient (Wildman–Crippen LogP) is 3.83. The van der Waals surface area contributed by atoms with E-state index < -0.39 is 0 Å². The first-order chi connectivity index (χ1) is 8.22. The van der Waals surface area contributed by atoms with Gasteiger partial charge in [0.05, 0.1) is 6.61 Å². The molecule has 0 heterocycles. The third-order valence-electron chi connectivity index (χ3n) is 2.69.